The summed E-state index contributed by atoms with van der Waals surface area (Å²) in [6.07, 6.45) is 3.69. The van der Waals surface area contributed by atoms with Crippen LogP contribution >= 0.6 is 0 Å². The van der Waals surface area contributed by atoms with Crippen molar-refractivity contribution in [3.63, 3.8) is 0 Å². The Morgan fingerprint density at radius 1 is 1.53 bits per heavy atom. The molecule has 0 saturated heterocycles. The molecule has 19 heavy (non-hydrogen) atoms. The molecule has 6 heteroatoms. The second-order valence-corrected chi connectivity index (χ2v) is 7.00. The molecule has 1 fully saturated rings. The highest BCUT2D eigenvalue weighted by Gasteiger charge is 2.47. The van der Waals surface area contributed by atoms with Gasteiger partial charge >= 0.3 is 0 Å². The zero-order valence-electron chi connectivity index (χ0n) is 11.0. The van der Waals surface area contributed by atoms with E-state index in [1.165, 1.54) is 18.5 Å². The van der Waals surface area contributed by atoms with Gasteiger partial charge in [0.2, 0.25) is 10.0 Å². The first-order valence-electron chi connectivity index (χ1n) is 6.01. The van der Waals surface area contributed by atoms with Gasteiger partial charge in [-0.3, -0.25) is 4.98 Å². The minimum absolute atomic E-state index is 0.00344. The highest BCUT2D eigenvalue weighted by atomic mass is 32.2. The summed E-state index contributed by atoms with van der Waals surface area (Å²) in [5.74, 6) is 5.44. The molecule has 1 unspecified atom stereocenters. The SMILES string of the molecule is CC1(C)CC1NS(=O)(=O)c1cncc(C#CCN)c1. The van der Waals surface area contributed by atoms with E-state index in [0.29, 0.717) is 5.56 Å². The van der Waals surface area contributed by atoms with E-state index in [2.05, 4.69) is 21.5 Å². The fourth-order valence-electron chi connectivity index (χ4n) is 1.71. The minimum Gasteiger partial charge on any atom is -0.320 e. The Balaban J connectivity index is 2.21. The average molecular weight is 279 g/mol. The van der Waals surface area contributed by atoms with E-state index in [9.17, 15) is 8.42 Å². The van der Waals surface area contributed by atoms with Crippen molar-refractivity contribution < 1.29 is 8.42 Å². The smallest absolute Gasteiger partial charge is 0.242 e. The summed E-state index contributed by atoms with van der Waals surface area (Å²) in [6.45, 7) is 4.29. The number of pyridine rings is 1. The second kappa shape index (κ2) is 4.93. The molecule has 102 valence electrons. The van der Waals surface area contributed by atoms with E-state index in [1.807, 2.05) is 13.8 Å². The van der Waals surface area contributed by atoms with Crippen molar-refractivity contribution in [2.24, 2.45) is 11.1 Å². The summed E-state index contributed by atoms with van der Waals surface area (Å²) in [6, 6.07) is 1.50. The van der Waals surface area contributed by atoms with Crippen molar-refractivity contribution in [2.45, 2.75) is 31.2 Å². The molecule has 0 aliphatic heterocycles. The van der Waals surface area contributed by atoms with Crippen LogP contribution in [0.4, 0.5) is 0 Å². The number of rotatable bonds is 3. The fourth-order valence-corrected chi connectivity index (χ4v) is 3.11. The minimum atomic E-state index is -3.53. The Kier molecular flexibility index (Phi) is 3.63. The maximum Gasteiger partial charge on any atom is 0.242 e. The maximum absolute atomic E-state index is 12.2. The Bertz CT molecular complexity index is 641. The average Bonchev–Trinajstić information content (AvgIpc) is 2.93. The molecule has 0 bridgehead atoms. The van der Waals surface area contributed by atoms with Gasteiger partial charge in [0.05, 0.1) is 6.54 Å². The van der Waals surface area contributed by atoms with Crippen LogP contribution in [0, 0.1) is 17.3 Å². The molecule has 0 aromatic carbocycles. The Hall–Kier alpha value is -1.42. The van der Waals surface area contributed by atoms with E-state index in [-0.39, 0.29) is 22.9 Å². The van der Waals surface area contributed by atoms with Crippen LogP contribution in [0.15, 0.2) is 23.4 Å². The highest BCUT2D eigenvalue weighted by molar-refractivity contribution is 7.89. The Morgan fingerprint density at radius 3 is 2.79 bits per heavy atom. The molecule has 1 aliphatic rings. The van der Waals surface area contributed by atoms with E-state index in [1.54, 1.807) is 0 Å². The molecule has 2 rings (SSSR count). The van der Waals surface area contributed by atoms with E-state index < -0.39 is 10.0 Å². The summed E-state index contributed by atoms with van der Waals surface area (Å²) in [7, 11) is -3.53. The molecule has 0 amide bonds. The summed E-state index contributed by atoms with van der Waals surface area (Å²) in [4.78, 5) is 4.04. The fraction of sp³-hybridized carbons (Fsp3) is 0.462. The van der Waals surface area contributed by atoms with Gasteiger partial charge in [-0.25, -0.2) is 13.1 Å². The first-order valence-corrected chi connectivity index (χ1v) is 7.50. The van der Waals surface area contributed by atoms with Crippen molar-refractivity contribution in [1.82, 2.24) is 9.71 Å². The number of hydrogen-bond acceptors (Lipinski definition) is 4. The van der Waals surface area contributed by atoms with E-state index in [4.69, 9.17) is 5.73 Å². The largest absolute Gasteiger partial charge is 0.320 e. The summed E-state index contributed by atoms with van der Waals surface area (Å²) >= 11 is 0. The molecule has 1 aromatic heterocycles. The Labute approximate surface area is 113 Å². The van der Waals surface area contributed by atoms with Gasteiger partial charge in [-0.1, -0.05) is 25.7 Å². The van der Waals surface area contributed by atoms with Crippen LogP contribution in [0.25, 0.3) is 0 Å². The number of aromatic nitrogens is 1. The van der Waals surface area contributed by atoms with Crippen LogP contribution in [-0.2, 0) is 10.0 Å². The molecule has 1 heterocycles. The van der Waals surface area contributed by atoms with Crippen LogP contribution in [-0.4, -0.2) is 26.0 Å². The van der Waals surface area contributed by atoms with Crippen molar-refractivity contribution in [1.29, 1.82) is 0 Å². The molecule has 0 spiro atoms. The normalized spacial score (nSPS) is 20.5. The van der Waals surface area contributed by atoms with Crippen LogP contribution < -0.4 is 10.5 Å². The lowest BCUT2D eigenvalue weighted by Gasteiger charge is -2.08. The third-order valence-corrected chi connectivity index (χ3v) is 4.61. The number of hydrogen-bond donors (Lipinski definition) is 2. The molecular formula is C13H17N3O2S. The molecule has 0 radical (unpaired) electrons. The second-order valence-electron chi connectivity index (χ2n) is 5.28. The molecule has 3 N–H and O–H groups in total. The highest BCUT2D eigenvalue weighted by Crippen LogP contribution is 2.45. The molecule has 5 nitrogen and oxygen atoms in total. The van der Waals surface area contributed by atoms with Gasteiger partial charge in [0.1, 0.15) is 4.90 Å². The number of nitrogens with one attached hydrogen (secondary N) is 1. The van der Waals surface area contributed by atoms with Crippen molar-refractivity contribution in [2.75, 3.05) is 6.54 Å². The maximum atomic E-state index is 12.2. The van der Waals surface area contributed by atoms with Gasteiger partial charge < -0.3 is 5.73 Å². The third-order valence-electron chi connectivity index (χ3n) is 3.17. The number of nitrogens with two attached hydrogens (primary N) is 1. The predicted molar refractivity (Wildman–Crippen MR) is 72.7 cm³/mol. The van der Waals surface area contributed by atoms with Crippen LogP contribution in [0.2, 0.25) is 0 Å². The van der Waals surface area contributed by atoms with E-state index in [0.717, 1.165) is 6.42 Å². The van der Waals surface area contributed by atoms with Crippen LogP contribution in [0.5, 0.6) is 0 Å². The topological polar surface area (TPSA) is 85.1 Å². The lowest BCUT2D eigenvalue weighted by atomic mass is 10.2. The molecule has 1 saturated carbocycles. The monoisotopic (exact) mass is 279 g/mol. The van der Waals surface area contributed by atoms with Crippen molar-refractivity contribution >= 4 is 10.0 Å². The summed E-state index contributed by atoms with van der Waals surface area (Å²) in [5.41, 5.74) is 5.86. The van der Waals surface area contributed by atoms with Crippen LogP contribution in [0.1, 0.15) is 25.8 Å². The molecule has 1 aliphatic carbocycles. The first kappa shape index (κ1) is 14.0. The zero-order chi connectivity index (χ0) is 14.1. The molecular weight excluding hydrogens is 262 g/mol. The molecule has 1 atom stereocenters. The third kappa shape index (κ3) is 3.32. The first-order chi connectivity index (χ1) is 8.85. The van der Waals surface area contributed by atoms with Gasteiger partial charge in [0, 0.05) is 24.0 Å². The van der Waals surface area contributed by atoms with Crippen LogP contribution in [0.3, 0.4) is 0 Å². The zero-order valence-corrected chi connectivity index (χ0v) is 11.8. The lowest BCUT2D eigenvalue weighted by Crippen LogP contribution is -2.28. The number of sulfonamides is 1. The van der Waals surface area contributed by atoms with Crippen molar-refractivity contribution in [3.05, 3.63) is 24.0 Å². The standard InChI is InChI=1S/C13H17N3O2S/c1-13(2)7-12(13)16-19(17,18)11-6-10(4-3-5-14)8-15-9-11/h6,8-9,12,16H,5,7,14H2,1-2H3. The molecule has 1 aromatic rings. The van der Waals surface area contributed by atoms with Gasteiger partial charge in [-0.2, -0.15) is 0 Å². The predicted octanol–water partition coefficient (Wildman–Crippen LogP) is 0.469. The quantitative estimate of drug-likeness (QED) is 0.788. The van der Waals surface area contributed by atoms with Gasteiger partial charge in [-0.05, 0) is 17.9 Å². The van der Waals surface area contributed by atoms with Gasteiger partial charge in [0.25, 0.3) is 0 Å². The summed E-state index contributed by atoms with van der Waals surface area (Å²) < 4.78 is 27.0. The van der Waals surface area contributed by atoms with Gasteiger partial charge in [0.15, 0.2) is 0 Å². The summed E-state index contributed by atoms with van der Waals surface area (Å²) in [5, 5.41) is 0. The van der Waals surface area contributed by atoms with Crippen molar-refractivity contribution in [3.8, 4) is 11.8 Å². The Morgan fingerprint density at radius 2 is 2.21 bits per heavy atom. The lowest BCUT2D eigenvalue weighted by molar-refractivity contribution is 0.554. The van der Waals surface area contributed by atoms with Gasteiger partial charge in [-0.15, -0.1) is 0 Å². The van der Waals surface area contributed by atoms with E-state index >= 15 is 0 Å². The number of nitrogens with zero attached hydrogens (tertiary/aromatic N) is 1.